The van der Waals surface area contributed by atoms with Gasteiger partial charge in [0.25, 0.3) is 0 Å². The van der Waals surface area contributed by atoms with Crippen molar-refractivity contribution in [2.75, 3.05) is 20.7 Å². The minimum atomic E-state index is 0.468. The molecule has 0 fully saturated rings. The Hall–Kier alpha value is -2.56. The summed E-state index contributed by atoms with van der Waals surface area (Å²) in [5.41, 5.74) is 3.35. The molecule has 0 aliphatic heterocycles. The number of pyridine rings is 1. The average molecular weight is 340 g/mol. The number of nitrogens with zero attached hydrogens (tertiary/aromatic N) is 2. The van der Waals surface area contributed by atoms with E-state index in [2.05, 4.69) is 39.7 Å². The molecule has 0 saturated carbocycles. The van der Waals surface area contributed by atoms with Crippen molar-refractivity contribution in [1.82, 2.24) is 15.6 Å². The summed E-state index contributed by atoms with van der Waals surface area (Å²) >= 11 is 0. The van der Waals surface area contributed by atoms with Crippen LogP contribution in [0.25, 0.3) is 0 Å². The second kappa shape index (κ2) is 9.67. The molecule has 1 atom stereocenters. The van der Waals surface area contributed by atoms with E-state index in [1.54, 1.807) is 14.2 Å². The summed E-state index contributed by atoms with van der Waals surface area (Å²) in [6.45, 7) is 5.75. The molecule has 0 aliphatic rings. The fourth-order valence-corrected chi connectivity index (χ4v) is 2.60. The van der Waals surface area contributed by atoms with E-state index in [4.69, 9.17) is 4.74 Å². The van der Waals surface area contributed by atoms with Crippen molar-refractivity contribution < 1.29 is 4.74 Å². The van der Waals surface area contributed by atoms with Gasteiger partial charge < -0.3 is 15.4 Å². The number of aliphatic imine (C=N–C) groups is 1. The number of aromatic nitrogens is 1. The van der Waals surface area contributed by atoms with Gasteiger partial charge in [0.1, 0.15) is 5.75 Å². The Morgan fingerprint density at radius 1 is 1.16 bits per heavy atom. The lowest BCUT2D eigenvalue weighted by molar-refractivity contribution is 0.414. The molecular weight excluding hydrogens is 312 g/mol. The van der Waals surface area contributed by atoms with Gasteiger partial charge >= 0.3 is 0 Å². The van der Waals surface area contributed by atoms with Crippen LogP contribution in [-0.2, 0) is 6.54 Å². The molecule has 2 rings (SSSR count). The van der Waals surface area contributed by atoms with Gasteiger partial charge in [-0.15, -0.1) is 0 Å². The molecule has 0 aliphatic carbocycles. The highest BCUT2D eigenvalue weighted by Gasteiger charge is 2.06. The van der Waals surface area contributed by atoms with Gasteiger partial charge in [0.15, 0.2) is 5.96 Å². The van der Waals surface area contributed by atoms with E-state index in [0.717, 1.165) is 36.1 Å². The van der Waals surface area contributed by atoms with Crippen molar-refractivity contribution in [3.05, 3.63) is 59.4 Å². The Kier molecular flexibility index (Phi) is 7.26. The first kappa shape index (κ1) is 18.8. The Labute approximate surface area is 150 Å². The van der Waals surface area contributed by atoms with Crippen LogP contribution in [0.1, 0.15) is 36.2 Å². The summed E-state index contributed by atoms with van der Waals surface area (Å²) in [4.78, 5) is 8.75. The maximum atomic E-state index is 5.21. The van der Waals surface area contributed by atoms with Crippen LogP contribution in [0.2, 0.25) is 0 Å². The second-order valence-corrected chi connectivity index (χ2v) is 6.09. The summed E-state index contributed by atoms with van der Waals surface area (Å²) in [5, 5.41) is 6.67. The van der Waals surface area contributed by atoms with E-state index in [0.29, 0.717) is 12.5 Å². The van der Waals surface area contributed by atoms with Crippen molar-refractivity contribution in [2.24, 2.45) is 4.99 Å². The molecule has 1 aromatic carbocycles. The lowest BCUT2D eigenvalue weighted by Gasteiger charge is -2.15. The normalized spacial score (nSPS) is 12.6. The predicted molar refractivity (Wildman–Crippen MR) is 103 cm³/mol. The monoisotopic (exact) mass is 340 g/mol. The summed E-state index contributed by atoms with van der Waals surface area (Å²) < 4.78 is 5.21. The molecule has 1 aromatic heterocycles. The van der Waals surface area contributed by atoms with Gasteiger partial charge in [-0.25, -0.2) is 0 Å². The van der Waals surface area contributed by atoms with Crippen molar-refractivity contribution in [3.8, 4) is 5.75 Å². The number of hydrogen-bond donors (Lipinski definition) is 2. The lowest BCUT2D eigenvalue weighted by Crippen LogP contribution is -2.37. The zero-order chi connectivity index (χ0) is 18.1. The molecule has 0 radical (unpaired) electrons. The number of hydrogen-bond acceptors (Lipinski definition) is 3. The first-order valence-electron chi connectivity index (χ1n) is 8.63. The molecule has 0 amide bonds. The van der Waals surface area contributed by atoms with E-state index in [1.807, 2.05) is 37.3 Å². The zero-order valence-corrected chi connectivity index (χ0v) is 15.5. The smallest absolute Gasteiger partial charge is 0.191 e. The Bertz CT molecular complexity index is 682. The van der Waals surface area contributed by atoms with Crippen molar-refractivity contribution in [1.29, 1.82) is 0 Å². The molecule has 1 heterocycles. The van der Waals surface area contributed by atoms with Crippen molar-refractivity contribution >= 4 is 5.96 Å². The molecule has 2 N–H and O–H groups in total. The Morgan fingerprint density at radius 2 is 1.92 bits per heavy atom. The standard InChI is InChI=1S/C20H28N4O/c1-15(17-8-10-19(25-4)11-9-17)12-13-22-20(21-3)23-14-18-7-5-6-16(2)24-18/h5-11,15H,12-14H2,1-4H3,(H2,21,22,23). The highest BCUT2D eigenvalue weighted by Crippen LogP contribution is 2.21. The first-order valence-corrected chi connectivity index (χ1v) is 8.63. The van der Waals surface area contributed by atoms with Gasteiger partial charge in [0.05, 0.1) is 19.3 Å². The highest BCUT2D eigenvalue weighted by atomic mass is 16.5. The minimum absolute atomic E-state index is 0.468. The van der Waals surface area contributed by atoms with Gasteiger partial charge in [0.2, 0.25) is 0 Å². The third-order valence-corrected chi connectivity index (χ3v) is 4.16. The topological polar surface area (TPSA) is 58.5 Å². The van der Waals surface area contributed by atoms with E-state index in [9.17, 15) is 0 Å². The van der Waals surface area contributed by atoms with E-state index in [-0.39, 0.29) is 0 Å². The lowest BCUT2D eigenvalue weighted by atomic mass is 9.98. The fourth-order valence-electron chi connectivity index (χ4n) is 2.60. The minimum Gasteiger partial charge on any atom is -0.497 e. The molecule has 5 heteroatoms. The zero-order valence-electron chi connectivity index (χ0n) is 15.5. The van der Waals surface area contributed by atoms with Crippen molar-refractivity contribution in [2.45, 2.75) is 32.7 Å². The van der Waals surface area contributed by atoms with E-state index >= 15 is 0 Å². The molecule has 134 valence electrons. The van der Waals surface area contributed by atoms with Gasteiger partial charge in [0, 0.05) is 19.3 Å². The van der Waals surface area contributed by atoms with Crippen LogP contribution in [0.15, 0.2) is 47.5 Å². The predicted octanol–water partition coefficient (Wildman–Crippen LogP) is 3.26. The second-order valence-electron chi connectivity index (χ2n) is 6.09. The summed E-state index contributed by atoms with van der Waals surface area (Å²) in [7, 11) is 3.47. The number of methoxy groups -OCH3 is 1. The summed E-state index contributed by atoms with van der Waals surface area (Å²) in [6.07, 6.45) is 1.02. The van der Waals surface area contributed by atoms with Gasteiger partial charge in [-0.05, 0) is 49.1 Å². The molecule has 5 nitrogen and oxygen atoms in total. The largest absolute Gasteiger partial charge is 0.497 e. The third kappa shape index (κ3) is 6.10. The molecule has 25 heavy (non-hydrogen) atoms. The van der Waals surface area contributed by atoms with Crippen LogP contribution in [0.4, 0.5) is 0 Å². The van der Waals surface area contributed by atoms with Gasteiger partial charge in [-0.1, -0.05) is 25.1 Å². The van der Waals surface area contributed by atoms with Crippen LogP contribution >= 0.6 is 0 Å². The third-order valence-electron chi connectivity index (χ3n) is 4.16. The number of nitrogens with one attached hydrogen (secondary N) is 2. The number of benzene rings is 1. The van der Waals surface area contributed by atoms with Crippen molar-refractivity contribution in [3.63, 3.8) is 0 Å². The van der Waals surface area contributed by atoms with Crippen LogP contribution < -0.4 is 15.4 Å². The number of guanidine groups is 1. The van der Waals surface area contributed by atoms with Crippen LogP contribution in [0.3, 0.4) is 0 Å². The van der Waals surface area contributed by atoms with Gasteiger partial charge in [-0.2, -0.15) is 0 Å². The molecule has 0 spiro atoms. The SMILES string of the molecule is CN=C(NCCC(C)c1ccc(OC)cc1)NCc1cccc(C)n1. The maximum Gasteiger partial charge on any atom is 0.191 e. The van der Waals surface area contributed by atoms with E-state index in [1.165, 1.54) is 5.56 Å². The molecule has 1 unspecified atom stereocenters. The molecule has 0 bridgehead atoms. The number of aryl methyl sites for hydroxylation is 1. The molecule has 2 aromatic rings. The summed E-state index contributed by atoms with van der Waals surface area (Å²) in [6, 6.07) is 14.3. The number of rotatable bonds is 7. The summed E-state index contributed by atoms with van der Waals surface area (Å²) in [5.74, 6) is 2.16. The van der Waals surface area contributed by atoms with Crippen LogP contribution in [0, 0.1) is 6.92 Å². The quantitative estimate of drug-likeness (QED) is 0.600. The molecular formula is C20H28N4O. The fraction of sp³-hybridized carbons (Fsp3) is 0.400. The molecule has 0 saturated heterocycles. The maximum absolute atomic E-state index is 5.21. The van der Waals surface area contributed by atoms with Gasteiger partial charge in [-0.3, -0.25) is 9.98 Å². The van der Waals surface area contributed by atoms with E-state index < -0.39 is 0 Å². The number of ether oxygens (including phenoxy) is 1. The van der Waals surface area contributed by atoms with Crippen LogP contribution in [-0.4, -0.2) is 31.6 Å². The average Bonchev–Trinajstić information content (AvgIpc) is 2.64. The van der Waals surface area contributed by atoms with Crippen LogP contribution in [0.5, 0.6) is 5.75 Å². The Morgan fingerprint density at radius 3 is 2.56 bits per heavy atom. The Balaban J connectivity index is 1.76. The first-order chi connectivity index (χ1) is 12.1. The highest BCUT2D eigenvalue weighted by molar-refractivity contribution is 5.79.